The minimum absolute atomic E-state index is 0.0284. The number of fused-ring (bicyclic) bond motifs is 1. The van der Waals surface area contributed by atoms with Crippen LogP contribution in [0.15, 0.2) is 24.5 Å². The Morgan fingerprint density at radius 1 is 1.00 bits per heavy atom. The summed E-state index contributed by atoms with van der Waals surface area (Å²) in [5.74, 6) is 1.28. The molecule has 26 heavy (non-hydrogen) atoms. The highest BCUT2D eigenvalue weighted by atomic mass is 16.2. The molecule has 2 aliphatic rings. The van der Waals surface area contributed by atoms with E-state index in [1.807, 2.05) is 22.8 Å². The van der Waals surface area contributed by atoms with Crippen LogP contribution in [-0.4, -0.2) is 75.6 Å². The zero-order chi connectivity index (χ0) is 17.9. The Kier molecular flexibility index (Phi) is 5.06. The smallest absolute Gasteiger partial charge is 0.239 e. The monoisotopic (exact) mass is 356 g/mol. The first-order valence-corrected chi connectivity index (χ1v) is 9.80. The number of anilines is 1. The second kappa shape index (κ2) is 7.61. The second-order valence-corrected chi connectivity index (χ2v) is 7.36. The maximum atomic E-state index is 12.9. The molecule has 0 unspecified atom stereocenters. The van der Waals surface area contributed by atoms with E-state index in [1.54, 1.807) is 6.20 Å². The van der Waals surface area contributed by atoms with E-state index in [2.05, 4.69) is 31.7 Å². The van der Waals surface area contributed by atoms with Crippen LogP contribution in [0.4, 0.5) is 5.82 Å². The SMILES string of the molecule is C[C@@H](C(=O)N1CCCCCC1)N1CCN(c2ccc3nccn3n2)CC1. The fourth-order valence-electron chi connectivity index (χ4n) is 4.02. The molecule has 2 aliphatic heterocycles. The number of hydrogen-bond donors (Lipinski definition) is 0. The number of carbonyl (C=O) groups excluding carboxylic acids is 1. The first-order chi connectivity index (χ1) is 12.7. The zero-order valence-electron chi connectivity index (χ0n) is 15.5. The van der Waals surface area contributed by atoms with Gasteiger partial charge in [0.15, 0.2) is 5.65 Å². The van der Waals surface area contributed by atoms with E-state index < -0.39 is 0 Å². The van der Waals surface area contributed by atoms with Gasteiger partial charge in [-0.05, 0) is 31.9 Å². The van der Waals surface area contributed by atoms with Gasteiger partial charge in [0, 0.05) is 51.7 Å². The van der Waals surface area contributed by atoms with Crippen LogP contribution in [-0.2, 0) is 4.79 Å². The highest BCUT2D eigenvalue weighted by Crippen LogP contribution is 2.17. The molecule has 0 saturated carbocycles. The fraction of sp³-hybridized carbons (Fsp3) is 0.632. The molecular weight excluding hydrogens is 328 g/mol. The lowest BCUT2D eigenvalue weighted by molar-refractivity contribution is -0.136. The van der Waals surface area contributed by atoms with Crippen molar-refractivity contribution in [1.29, 1.82) is 0 Å². The maximum absolute atomic E-state index is 12.9. The highest BCUT2D eigenvalue weighted by molar-refractivity contribution is 5.81. The third-order valence-electron chi connectivity index (χ3n) is 5.70. The Morgan fingerprint density at radius 2 is 1.73 bits per heavy atom. The summed E-state index contributed by atoms with van der Waals surface area (Å²) in [7, 11) is 0. The summed E-state index contributed by atoms with van der Waals surface area (Å²) < 4.78 is 1.81. The summed E-state index contributed by atoms with van der Waals surface area (Å²) in [6.07, 6.45) is 8.44. The summed E-state index contributed by atoms with van der Waals surface area (Å²) in [6.45, 7) is 7.50. The summed E-state index contributed by atoms with van der Waals surface area (Å²) in [6, 6.07) is 4.00. The van der Waals surface area contributed by atoms with Crippen LogP contribution in [0.1, 0.15) is 32.6 Å². The van der Waals surface area contributed by atoms with E-state index >= 15 is 0 Å². The zero-order valence-corrected chi connectivity index (χ0v) is 15.5. The highest BCUT2D eigenvalue weighted by Gasteiger charge is 2.29. The summed E-state index contributed by atoms with van der Waals surface area (Å²) in [5.41, 5.74) is 0.865. The van der Waals surface area contributed by atoms with E-state index in [9.17, 15) is 4.79 Å². The summed E-state index contributed by atoms with van der Waals surface area (Å²) in [4.78, 5) is 23.8. The lowest BCUT2D eigenvalue weighted by Crippen LogP contribution is -2.55. The van der Waals surface area contributed by atoms with E-state index in [4.69, 9.17) is 0 Å². The van der Waals surface area contributed by atoms with Gasteiger partial charge < -0.3 is 9.80 Å². The molecule has 0 aliphatic carbocycles. The summed E-state index contributed by atoms with van der Waals surface area (Å²) in [5, 5.41) is 4.63. The number of nitrogens with zero attached hydrogens (tertiary/aromatic N) is 6. The molecule has 0 spiro atoms. The van der Waals surface area contributed by atoms with E-state index in [1.165, 1.54) is 12.8 Å². The molecule has 7 heteroatoms. The van der Waals surface area contributed by atoms with Crippen LogP contribution in [0.2, 0.25) is 0 Å². The van der Waals surface area contributed by atoms with Crippen LogP contribution >= 0.6 is 0 Å². The van der Waals surface area contributed by atoms with Crippen molar-refractivity contribution in [3.63, 3.8) is 0 Å². The van der Waals surface area contributed by atoms with E-state index in [0.717, 1.165) is 63.6 Å². The van der Waals surface area contributed by atoms with E-state index in [0.29, 0.717) is 5.91 Å². The quantitative estimate of drug-likeness (QED) is 0.837. The van der Waals surface area contributed by atoms with Gasteiger partial charge in [0.05, 0.1) is 6.04 Å². The lowest BCUT2D eigenvalue weighted by Gasteiger charge is -2.39. The molecule has 140 valence electrons. The molecule has 0 N–H and O–H groups in total. The van der Waals surface area contributed by atoms with Crippen molar-refractivity contribution < 1.29 is 4.79 Å². The third kappa shape index (κ3) is 3.53. The number of aromatic nitrogens is 3. The number of amides is 1. The predicted molar refractivity (Wildman–Crippen MR) is 101 cm³/mol. The molecule has 0 radical (unpaired) electrons. The number of rotatable bonds is 3. The van der Waals surface area contributed by atoms with Crippen molar-refractivity contribution >= 4 is 17.4 Å². The van der Waals surface area contributed by atoms with Gasteiger partial charge in [-0.1, -0.05) is 12.8 Å². The topological polar surface area (TPSA) is 57.0 Å². The Labute approximate surface area is 154 Å². The molecular formula is C19H28N6O. The van der Waals surface area contributed by atoms with Gasteiger partial charge in [0.25, 0.3) is 0 Å². The normalized spacial score (nSPS) is 21.0. The average molecular weight is 356 g/mol. The molecule has 1 atom stereocenters. The molecule has 4 rings (SSSR count). The molecule has 2 saturated heterocycles. The van der Waals surface area contributed by atoms with Crippen molar-refractivity contribution in [2.24, 2.45) is 0 Å². The summed E-state index contributed by atoms with van der Waals surface area (Å²) >= 11 is 0. The minimum atomic E-state index is -0.0284. The number of likely N-dealkylation sites (tertiary alicyclic amines) is 1. The van der Waals surface area contributed by atoms with Crippen molar-refractivity contribution in [2.75, 3.05) is 44.2 Å². The molecule has 4 heterocycles. The first kappa shape index (κ1) is 17.3. The Morgan fingerprint density at radius 3 is 2.46 bits per heavy atom. The van der Waals surface area contributed by atoms with Crippen molar-refractivity contribution in [3.8, 4) is 0 Å². The maximum Gasteiger partial charge on any atom is 0.239 e. The van der Waals surface area contributed by atoms with Crippen LogP contribution < -0.4 is 4.90 Å². The number of hydrogen-bond acceptors (Lipinski definition) is 5. The molecule has 2 aromatic rings. The van der Waals surface area contributed by atoms with Crippen LogP contribution in [0.3, 0.4) is 0 Å². The molecule has 1 amide bonds. The molecule has 2 fully saturated rings. The Hall–Kier alpha value is -2.15. The number of piperazine rings is 1. The molecule has 7 nitrogen and oxygen atoms in total. The van der Waals surface area contributed by atoms with Crippen LogP contribution in [0.25, 0.3) is 5.65 Å². The Bertz CT molecular complexity index is 743. The minimum Gasteiger partial charge on any atom is -0.353 e. The van der Waals surface area contributed by atoms with Gasteiger partial charge in [0.2, 0.25) is 5.91 Å². The Balaban J connectivity index is 1.35. The second-order valence-electron chi connectivity index (χ2n) is 7.36. The van der Waals surface area contributed by atoms with Crippen molar-refractivity contribution in [1.82, 2.24) is 24.4 Å². The van der Waals surface area contributed by atoms with Crippen LogP contribution in [0.5, 0.6) is 0 Å². The van der Waals surface area contributed by atoms with Gasteiger partial charge in [-0.2, -0.15) is 0 Å². The van der Waals surface area contributed by atoms with Crippen LogP contribution in [0, 0.1) is 0 Å². The fourth-order valence-corrected chi connectivity index (χ4v) is 4.02. The average Bonchev–Trinajstić information content (AvgIpc) is 2.99. The van der Waals surface area contributed by atoms with Gasteiger partial charge in [0.1, 0.15) is 5.82 Å². The standard InChI is InChI=1S/C19H28N6O/c1-16(19(26)24-9-4-2-3-5-10-24)22-12-14-23(15-13-22)18-7-6-17-20-8-11-25(17)21-18/h6-8,11,16H,2-5,9-10,12-15H2,1H3/t16-/m0/s1. The van der Waals surface area contributed by atoms with Gasteiger partial charge in [-0.3, -0.25) is 9.69 Å². The van der Waals surface area contributed by atoms with Crippen molar-refractivity contribution in [2.45, 2.75) is 38.6 Å². The molecule has 0 bridgehead atoms. The number of carbonyl (C=O) groups is 1. The first-order valence-electron chi connectivity index (χ1n) is 9.80. The number of imidazole rings is 1. The molecule has 0 aromatic carbocycles. The lowest BCUT2D eigenvalue weighted by atomic mass is 10.2. The van der Waals surface area contributed by atoms with Gasteiger partial charge in [-0.25, -0.2) is 9.50 Å². The third-order valence-corrected chi connectivity index (χ3v) is 5.70. The molecule has 2 aromatic heterocycles. The van der Waals surface area contributed by atoms with Gasteiger partial charge >= 0.3 is 0 Å². The predicted octanol–water partition coefficient (Wildman–Crippen LogP) is 1.64. The van der Waals surface area contributed by atoms with Gasteiger partial charge in [-0.15, -0.1) is 5.10 Å². The largest absolute Gasteiger partial charge is 0.353 e. The van der Waals surface area contributed by atoms with Crippen molar-refractivity contribution in [3.05, 3.63) is 24.5 Å². The van der Waals surface area contributed by atoms with E-state index in [-0.39, 0.29) is 6.04 Å².